The lowest BCUT2D eigenvalue weighted by Gasteiger charge is -2.16. The highest BCUT2D eigenvalue weighted by Gasteiger charge is 2.21. The van der Waals surface area contributed by atoms with E-state index >= 15 is 0 Å². The first-order chi connectivity index (χ1) is 11.6. The van der Waals surface area contributed by atoms with Crippen molar-refractivity contribution in [2.24, 2.45) is 0 Å². The van der Waals surface area contributed by atoms with Gasteiger partial charge >= 0.3 is 17.8 Å². The smallest absolute Gasteiger partial charge is 0.340 e. The Balaban J connectivity index is 1.98. The predicted octanol–water partition coefficient (Wildman–Crippen LogP) is 2.64. The number of rotatable bonds is 4. The molecule has 1 aromatic rings. The Labute approximate surface area is 142 Å². The molecule has 0 radical (unpaired) electrons. The van der Waals surface area contributed by atoms with Crippen molar-refractivity contribution in [1.29, 1.82) is 0 Å². The van der Waals surface area contributed by atoms with E-state index in [1.807, 2.05) is 0 Å². The number of carbonyl (C=O) groups is 3. The second kappa shape index (κ2) is 9.05. The first kappa shape index (κ1) is 18.0. The minimum absolute atomic E-state index is 0.0473. The molecular formula is C18H24N2O4. The van der Waals surface area contributed by atoms with E-state index in [0.717, 1.165) is 25.7 Å². The van der Waals surface area contributed by atoms with Crippen LogP contribution in [0.2, 0.25) is 0 Å². The zero-order chi connectivity index (χ0) is 17.4. The molecule has 2 rings (SSSR count). The second-order valence-corrected chi connectivity index (χ2v) is 5.88. The molecule has 1 aromatic carbocycles. The fraction of sp³-hybridized carbons (Fsp3) is 0.500. The van der Waals surface area contributed by atoms with Gasteiger partial charge < -0.3 is 15.4 Å². The molecule has 24 heavy (non-hydrogen) atoms. The quantitative estimate of drug-likeness (QED) is 0.504. The molecule has 0 unspecified atom stereocenters. The summed E-state index contributed by atoms with van der Waals surface area (Å²) >= 11 is 0. The minimum Gasteiger partial charge on any atom is -0.462 e. The molecular weight excluding hydrogens is 308 g/mol. The molecule has 2 amide bonds. The standard InChI is InChI=1S/C18H24N2O4/c1-2-24-18(23)14-11-7-8-12-15(14)20-17(22)16(21)19-13-9-5-3-4-6-10-13/h7-8,11-13H,2-6,9-10H2,1H3,(H,19,21)(H,20,22). The van der Waals surface area contributed by atoms with Gasteiger partial charge in [0, 0.05) is 6.04 Å². The van der Waals surface area contributed by atoms with Crippen LogP contribution in [-0.4, -0.2) is 30.4 Å². The summed E-state index contributed by atoms with van der Waals surface area (Å²) in [6.07, 6.45) is 6.28. The lowest BCUT2D eigenvalue weighted by atomic mass is 10.1. The van der Waals surface area contributed by atoms with Gasteiger partial charge in [0.25, 0.3) is 0 Å². The molecule has 0 heterocycles. The van der Waals surface area contributed by atoms with Gasteiger partial charge in [0.15, 0.2) is 0 Å². The third-order valence-corrected chi connectivity index (χ3v) is 4.07. The van der Waals surface area contributed by atoms with Gasteiger partial charge in [-0.3, -0.25) is 9.59 Å². The summed E-state index contributed by atoms with van der Waals surface area (Å²) in [5.74, 6) is -1.96. The molecule has 0 spiro atoms. The maximum Gasteiger partial charge on any atom is 0.340 e. The van der Waals surface area contributed by atoms with E-state index in [4.69, 9.17) is 4.74 Å². The number of benzene rings is 1. The van der Waals surface area contributed by atoms with E-state index in [-0.39, 0.29) is 23.9 Å². The molecule has 0 atom stereocenters. The Hall–Kier alpha value is -2.37. The van der Waals surface area contributed by atoms with Crippen LogP contribution < -0.4 is 10.6 Å². The van der Waals surface area contributed by atoms with Crippen LogP contribution in [0.4, 0.5) is 5.69 Å². The number of hydrogen-bond acceptors (Lipinski definition) is 4. The molecule has 130 valence electrons. The Morgan fingerprint density at radius 2 is 1.71 bits per heavy atom. The van der Waals surface area contributed by atoms with E-state index in [1.165, 1.54) is 12.8 Å². The average molecular weight is 332 g/mol. The first-order valence-electron chi connectivity index (χ1n) is 8.49. The molecule has 2 N–H and O–H groups in total. The van der Waals surface area contributed by atoms with Crippen molar-refractivity contribution in [3.05, 3.63) is 29.8 Å². The summed E-state index contributed by atoms with van der Waals surface area (Å²) < 4.78 is 4.96. The SMILES string of the molecule is CCOC(=O)c1ccccc1NC(=O)C(=O)NC1CCCCCC1. The highest BCUT2D eigenvalue weighted by atomic mass is 16.5. The molecule has 1 saturated carbocycles. The Kier molecular flexibility index (Phi) is 6.78. The van der Waals surface area contributed by atoms with Gasteiger partial charge in [0.05, 0.1) is 17.9 Å². The number of amides is 2. The fourth-order valence-electron chi connectivity index (χ4n) is 2.83. The first-order valence-corrected chi connectivity index (χ1v) is 8.49. The maximum atomic E-state index is 12.1. The number of para-hydroxylation sites is 1. The highest BCUT2D eigenvalue weighted by molar-refractivity contribution is 6.40. The van der Waals surface area contributed by atoms with Crippen LogP contribution in [0.3, 0.4) is 0 Å². The van der Waals surface area contributed by atoms with Gasteiger partial charge in [-0.2, -0.15) is 0 Å². The van der Waals surface area contributed by atoms with E-state index in [9.17, 15) is 14.4 Å². The van der Waals surface area contributed by atoms with E-state index in [1.54, 1.807) is 31.2 Å². The largest absolute Gasteiger partial charge is 0.462 e. The zero-order valence-corrected chi connectivity index (χ0v) is 14.0. The van der Waals surface area contributed by atoms with Crippen molar-refractivity contribution in [3.8, 4) is 0 Å². The summed E-state index contributed by atoms with van der Waals surface area (Å²) in [7, 11) is 0. The highest BCUT2D eigenvalue weighted by Crippen LogP contribution is 2.18. The molecule has 1 aliphatic carbocycles. The third-order valence-electron chi connectivity index (χ3n) is 4.07. The van der Waals surface area contributed by atoms with Gasteiger partial charge in [0.2, 0.25) is 0 Å². The van der Waals surface area contributed by atoms with Crippen LogP contribution in [0.5, 0.6) is 0 Å². The molecule has 6 nitrogen and oxygen atoms in total. The molecule has 1 fully saturated rings. The normalized spacial score (nSPS) is 15.2. The van der Waals surface area contributed by atoms with Crippen molar-refractivity contribution in [3.63, 3.8) is 0 Å². The topological polar surface area (TPSA) is 84.5 Å². The average Bonchev–Trinajstić information content (AvgIpc) is 2.84. The lowest BCUT2D eigenvalue weighted by Crippen LogP contribution is -2.41. The second-order valence-electron chi connectivity index (χ2n) is 5.88. The van der Waals surface area contributed by atoms with Gasteiger partial charge in [-0.05, 0) is 31.9 Å². The molecule has 0 bridgehead atoms. The van der Waals surface area contributed by atoms with Crippen molar-refractivity contribution < 1.29 is 19.1 Å². The van der Waals surface area contributed by atoms with Gasteiger partial charge in [-0.1, -0.05) is 37.8 Å². The van der Waals surface area contributed by atoms with Crippen LogP contribution >= 0.6 is 0 Å². The number of carbonyl (C=O) groups excluding carboxylic acids is 3. The third kappa shape index (κ3) is 5.08. The summed E-state index contributed by atoms with van der Waals surface area (Å²) in [6.45, 7) is 1.95. The number of ether oxygens (including phenoxy) is 1. The number of hydrogen-bond donors (Lipinski definition) is 2. The van der Waals surface area contributed by atoms with Crippen LogP contribution in [-0.2, 0) is 14.3 Å². The van der Waals surface area contributed by atoms with Gasteiger partial charge in [-0.25, -0.2) is 4.79 Å². The summed E-state index contributed by atoms with van der Waals surface area (Å²) in [6, 6.07) is 6.53. The maximum absolute atomic E-state index is 12.1. The zero-order valence-electron chi connectivity index (χ0n) is 14.0. The van der Waals surface area contributed by atoms with Crippen LogP contribution in [0.25, 0.3) is 0 Å². The molecule has 0 saturated heterocycles. The molecule has 0 aromatic heterocycles. The van der Waals surface area contributed by atoms with Crippen LogP contribution in [0, 0.1) is 0 Å². The monoisotopic (exact) mass is 332 g/mol. The van der Waals surface area contributed by atoms with Crippen LogP contribution in [0.15, 0.2) is 24.3 Å². The molecule has 0 aliphatic heterocycles. The minimum atomic E-state index is -0.768. The number of anilines is 1. The van der Waals surface area contributed by atoms with Gasteiger partial charge in [0.1, 0.15) is 0 Å². The Morgan fingerprint density at radius 3 is 2.38 bits per heavy atom. The van der Waals surface area contributed by atoms with Gasteiger partial charge in [-0.15, -0.1) is 0 Å². The summed E-state index contributed by atoms with van der Waals surface area (Å²) in [5, 5.41) is 5.29. The van der Waals surface area contributed by atoms with Crippen molar-refractivity contribution >= 4 is 23.5 Å². The van der Waals surface area contributed by atoms with E-state index in [0.29, 0.717) is 0 Å². The number of nitrogens with one attached hydrogen (secondary N) is 2. The lowest BCUT2D eigenvalue weighted by molar-refractivity contribution is -0.136. The predicted molar refractivity (Wildman–Crippen MR) is 90.7 cm³/mol. The van der Waals surface area contributed by atoms with Crippen molar-refractivity contribution in [1.82, 2.24) is 5.32 Å². The molecule has 6 heteroatoms. The van der Waals surface area contributed by atoms with E-state index < -0.39 is 17.8 Å². The van der Waals surface area contributed by atoms with Crippen molar-refractivity contribution in [2.45, 2.75) is 51.5 Å². The number of esters is 1. The Morgan fingerprint density at radius 1 is 1.04 bits per heavy atom. The summed E-state index contributed by atoms with van der Waals surface area (Å²) in [5.41, 5.74) is 0.506. The summed E-state index contributed by atoms with van der Waals surface area (Å²) in [4.78, 5) is 36.1. The Bertz CT molecular complexity index is 592. The van der Waals surface area contributed by atoms with E-state index in [2.05, 4.69) is 10.6 Å². The fourth-order valence-corrected chi connectivity index (χ4v) is 2.83. The van der Waals surface area contributed by atoms with Crippen molar-refractivity contribution in [2.75, 3.05) is 11.9 Å². The molecule has 1 aliphatic rings. The van der Waals surface area contributed by atoms with Crippen LogP contribution in [0.1, 0.15) is 55.8 Å².